The zero-order valence-electron chi connectivity index (χ0n) is 15.7. The average molecular weight is 458 g/mol. The van der Waals surface area contributed by atoms with E-state index in [0.29, 0.717) is 5.01 Å². The molecule has 0 aliphatic carbocycles. The van der Waals surface area contributed by atoms with E-state index in [1.54, 1.807) is 29.5 Å². The van der Waals surface area contributed by atoms with Crippen LogP contribution in [0.3, 0.4) is 0 Å². The maximum absolute atomic E-state index is 12.9. The Kier molecular flexibility index (Phi) is 6.13. The van der Waals surface area contributed by atoms with Crippen molar-refractivity contribution in [2.45, 2.75) is 6.18 Å². The molecule has 0 saturated heterocycles. The first kappa shape index (κ1) is 21.8. The Bertz CT molecular complexity index is 1100. The summed E-state index contributed by atoms with van der Waals surface area (Å²) in [5.74, 6) is -1.16. The van der Waals surface area contributed by atoms with Crippen molar-refractivity contribution in [3.63, 3.8) is 0 Å². The molecule has 0 unspecified atom stereocenters. The third-order valence-corrected chi connectivity index (χ3v) is 5.18. The van der Waals surface area contributed by atoms with Gasteiger partial charge in [0, 0.05) is 36.9 Å². The number of nitrogens with one attached hydrogen (secondary N) is 1. The van der Waals surface area contributed by atoms with Gasteiger partial charge in [0.15, 0.2) is 0 Å². The normalized spacial score (nSPS) is 11.4. The SMILES string of the molecule is CN(CC(=O)Nc1ccc(Cl)c(C(F)(F)F)c1)C(=O)c1csc(-c2cnn(C)c2)n1. The molecule has 0 bridgehead atoms. The fraction of sp³-hybridized carbons (Fsp3) is 0.222. The Morgan fingerprint density at radius 1 is 1.33 bits per heavy atom. The van der Waals surface area contributed by atoms with Crippen molar-refractivity contribution >= 4 is 40.4 Å². The number of carbonyl (C=O) groups excluding carboxylic acids is 2. The van der Waals surface area contributed by atoms with Crippen LogP contribution in [0.1, 0.15) is 16.1 Å². The van der Waals surface area contributed by atoms with Crippen LogP contribution in [-0.2, 0) is 18.0 Å². The maximum Gasteiger partial charge on any atom is 0.417 e. The van der Waals surface area contributed by atoms with Gasteiger partial charge in [0.2, 0.25) is 5.91 Å². The number of likely N-dealkylation sites (N-methyl/N-ethyl adjacent to an activating group) is 1. The minimum Gasteiger partial charge on any atom is -0.331 e. The second-order valence-corrected chi connectivity index (χ2v) is 7.61. The van der Waals surface area contributed by atoms with E-state index >= 15 is 0 Å². The van der Waals surface area contributed by atoms with Crippen molar-refractivity contribution < 1.29 is 22.8 Å². The van der Waals surface area contributed by atoms with Crippen LogP contribution in [0.15, 0.2) is 36.0 Å². The van der Waals surface area contributed by atoms with E-state index in [0.717, 1.165) is 22.6 Å². The summed E-state index contributed by atoms with van der Waals surface area (Å²) in [6, 6.07) is 3.03. The first-order chi connectivity index (χ1) is 14.0. The molecule has 0 aliphatic heterocycles. The lowest BCUT2D eigenvalue weighted by atomic mass is 10.2. The smallest absolute Gasteiger partial charge is 0.331 e. The molecule has 12 heteroatoms. The molecule has 0 radical (unpaired) electrons. The number of hydrogen-bond donors (Lipinski definition) is 1. The van der Waals surface area contributed by atoms with Gasteiger partial charge in [-0.2, -0.15) is 18.3 Å². The van der Waals surface area contributed by atoms with Crippen LogP contribution in [0.5, 0.6) is 0 Å². The van der Waals surface area contributed by atoms with E-state index in [-0.39, 0.29) is 17.9 Å². The number of aromatic nitrogens is 3. The van der Waals surface area contributed by atoms with Gasteiger partial charge in [0.25, 0.3) is 5.91 Å². The molecule has 158 valence electrons. The number of carbonyl (C=O) groups is 2. The van der Waals surface area contributed by atoms with E-state index in [4.69, 9.17) is 11.6 Å². The molecule has 2 amide bonds. The van der Waals surface area contributed by atoms with Gasteiger partial charge in [-0.15, -0.1) is 11.3 Å². The first-order valence-corrected chi connectivity index (χ1v) is 9.67. The molecule has 1 aromatic carbocycles. The average Bonchev–Trinajstić information content (AvgIpc) is 3.30. The zero-order valence-corrected chi connectivity index (χ0v) is 17.3. The molecule has 2 aromatic heterocycles. The highest BCUT2D eigenvalue weighted by molar-refractivity contribution is 7.13. The first-order valence-electron chi connectivity index (χ1n) is 8.41. The monoisotopic (exact) mass is 457 g/mol. The van der Waals surface area contributed by atoms with Gasteiger partial charge < -0.3 is 10.2 Å². The lowest BCUT2D eigenvalue weighted by molar-refractivity contribution is -0.137. The van der Waals surface area contributed by atoms with Crippen molar-refractivity contribution in [2.24, 2.45) is 7.05 Å². The summed E-state index contributed by atoms with van der Waals surface area (Å²) in [5.41, 5.74) is -0.230. The minimum absolute atomic E-state index is 0.0786. The van der Waals surface area contributed by atoms with Gasteiger partial charge in [-0.1, -0.05) is 11.6 Å². The molecule has 30 heavy (non-hydrogen) atoms. The van der Waals surface area contributed by atoms with Crippen molar-refractivity contribution in [1.29, 1.82) is 0 Å². The molecule has 0 fully saturated rings. The summed E-state index contributed by atoms with van der Waals surface area (Å²) in [5, 5.41) is 8.07. The number of rotatable bonds is 5. The summed E-state index contributed by atoms with van der Waals surface area (Å²) in [7, 11) is 3.15. The predicted octanol–water partition coefficient (Wildman–Crippen LogP) is 3.93. The Morgan fingerprint density at radius 2 is 2.07 bits per heavy atom. The van der Waals surface area contributed by atoms with Crippen molar-refractivity contribution in [1.82, 2.24) is 19.7 Å². The largest absolute Gasteiger partial charge is 0.417 e. The highest BCUT2D eigenvalue weighted by Crippen LogP contribution is 2.36. The Balaban J connectivity index is 1.64. The molecule has 0 aliphatic rings. The Labute approximate surface area is 178 Å². The van der Waals surface area contributed by atoms with E-state index in [1.165, 1.54) is 24.5 Å². The number of amides is 2. The summed E-state index contributed by atoms with van der Waals surface area (Å²) in [6.07, 6.45) is -1.28. The van der Waals surface area contributed by atoms with Gasteiger partial charge in [0.1, 0.15) is 10.7 Å². The molecule has 3 rings (SSSR count). The van der Waals surface area contributed by atoms with Crippen molar-refractivity contribution in [3.05, 3.63) is 52.3 Å². The van der Waals surface area contributed by atoms with Gasteiger partial charge in [-0.3, -0.25) is 14.3 Å². The molecule has 2 heterocycles. The second-order valence-electron chi connectivity index (χ2n) is 6.34. The summed E-state index contributed by atoms with van der Waals surface area (Å²) in [4.78, 5) is 30.1. The molecule has 0 spiro atoms. The topological polar surface area (TPSA) is 80.1 Å². The third-order valence-electron chi connectivity index (χ3n) is 3.96. The summed E-state index contributed by atoms with van der Waals surface area (Å²) < 4.78 is 40.4. The van der Waals surface area contributed by atoms with Crippen LogP contribution in [0.25, 0.3) is 10.6 Å². The summed E-state index contributed by atoms with van der Waals surface area (Å²) in [6.45, 7) is -0.372. The fourth-order valence-electron chi connectivity index (χ4n) is 2.54. The van der Waals surface area contributed by atoms with Crippen LogP contribution in [0.4, 0.5) is 18.9 Å². The van der Waals surface area contributed by atoms with Crippen LogP contribution in [0.2, 0.25) is 5.02 Å². The lowest BCUT2D eigenvalue weighted by Crippen LogP contribution is -2.35. The standard InChI is InChI=1S/C18H15ClF3N5O2S/c1-26(17(29)14-9-30-16(25-14)10-6-23-27(2)7-10)8-15(28)24-11-3-4-13(19)12(5-11)18(20,21)22/h3-7,9H,8H2,1-2H3,(H,24,28). The molecule has 7 nitrogen and oxygen atoms in total. The number of thiazole rings is 1. The van der Waals surface area contributed by atoms with Crippen molar-refractivity contribution in [3.8, 4) is 10.6 Å². The second kappa shape index (κ2) is 8.44. The Morgan fingerprint density at radius 3 is 2.70 bits per heavy atom. The number of nitrogens with zero attached hydrogens (tertiary/aromatic N) is 4. The number of alkyl halides is 3. The Hall–Kier alpha value is -2.92. The maximum atomic E-state index is 12.9. The van der Waals surface area contributed by atoms with E-state index in [1.807, 2.05) is 0 Å². The molecule has 3 aromatic rings. The number of benzene rings is 1. The van der Waals surface area contributed by atoms with Gasteiger partial charge in [0.05, 0.1) is 23.3 Å². The third kappa shape index (κ3) is 4.97. The number of aryl methyl sites for hydroxylation is 1. The predicted molar refractivity (Wildman–Crippen MR) is 106 cm³/mol. The van der Waals surface area contributed by atoms with E-state index in [2.05, 4.69) is 15.4 Å². The molecule has 0 atom stereocenters. The molecular formula is C18H15ClF3N5O2S. The van der Waals surface area contributed by atoms with Gasteiger partial charge in [-0.05, 0) is 18.2 Å². The molecular weight excluding hydrogens is 443 g/mol. The van der Waals surface area contributed by atoms with Gasteiger partial charge in [-0.25, -0.2) is 4.98 Å². The molecule has 1 N–H and O–H groups in total. The van der Waals surface area contributed by atoms with Crippen LogP contribution >= 0.6 is 22.9 Å². The van der Waals surface area contributed by atoms with Crippen molar-refractivity contribution in [2.75, 3.05) is 18.9 Å². The zero-order chi connectivity index (χ0) is 22.1. The van der Waals surface area contributed by atoms with E-state index in [9.17, 15) is 22.8 Å². The number of anilines is 1. The number of halogens is 4. The van der Waals surface area contributed by atoms with Gasteiger partial charge >= 0.3 is 6.18 Å². The highest BCUT2D eigenvalue weighted by Gasteiger charge is 2.33. The lowest BCUT2D eigenvalue weighted by Gasteiger charge is -2.16. The summed E-state index contributed by atoms with van der Waals surface area (Å²) >= 11 is 6.82. The molecule has 0 saturated carbocycles. The quantitative estimate of drug-likeness (QED) is 0.629. The highest BCUT2D eigenvalue weighted by atomic mass is 35.5. The number of hydrogen-bond acceptors (Lipinski definition) is 5. The van der Waals surface area contributed by atoms with Crippen LogP contribution < -0.4 is 5.32 Å². The van der Waals surface area contributed by atoms with Crippen LogP contribution in [0, 0.1) is 0 Å². The van der Waals surface area contributed by atoms with Crippen LogP contribution in [-0.4, -0.2) is 45.1 Å². The van der Waals surface area contributed by atoms with E-state index < -0.39 is 28.6 Å². The fourth-order valence-corrected chi connectivity index (χ4v) is 3.53. The minimum atomic E-state index is -4.65.